The maximum absolute atomic E-state index is 15.0. The first-order valence-corrected chi connectivity index (χ1v) is 11.8. The number of rotatable bonds is 11. The molecular formula is C19H29F2O5PS. The van der Waals surface area contributed by atoms with E-state index in [1.165, 1.54) is 13.8 Å². The van der Waals surface area contributed by atoms with Gasteiger partial charge in [0.15, 0.2) is 0 Å². The molecule has 9 heteroatoms. The summed E-state index contributed by atoms with van der Waals surface area (Å²) in [5, 5.41) is 9.12. The summed E-state index contributed by atoms with van der Waals surface area (Å²) in [7, 11) is -6.93. The molecule has 3 atom stereocenters. The maximum Gasteiger partial charge on any atom is 0.402 e. The van der Waals surface area contributed by atoms with Crippen LogP contribution in [-0.2, 0) is 24.4 Å². The SMILES string of the molecule is CCOP(=O)(OCC)C(F)(F)[C@@H](O)[C@H](CC=C(C)C)[S@@](=O)c1ccc(C)cc1. The molecule has 160 valence electrons. The van der Waals surface area contributed by atoms with Crippen LogP contribution in [0.5, 0.6) is 0 Å². The van der Waals surface area contributed by atoms with Crippen molar-refractivity contribution >= 4 is 18.4 Å². The van der Waals surface area contributed by atoms with Crippen molar-refractivity contribution in [1.29, 1.82) is 0 Å². The molecule has 28 heavy (non-hydrogen) atoms. The van der Waals surface area contributed by atoms with E-state index < -0.39 is 35.4 Å². The topological polar surface area (TPSA) is 72.8 Å². The zero-order valence-corrected chi connectivity index (χ0v) is 18.6. The fourth-order valence-corrected chi connectivity index (χ4v) is 5.60. The van der Waals surface area contributed by atoms with E-state index in [1.807, 2.05) is 6.92 Å². The Labute approximate surface area is 168 Å². The first-order valence-electron chi connectivity index (χ1n) is 9.05. The average Bonchev–Trinajstić information content (AvgIpc) is 2.62. The zero-order chi connectivity index (χ0) is 21.5. The summed E-state index contributed by atoms with van der Waals surface area (Å²) in [4.78, 5) is 0.301. The number of benzene rings is 1. The number of alkyl halides is 2. The van der Waals surface area contributed by atoms with Crippen LogP contribution >= 0.6 is 7.60 Å². The van der Waals surface area contributed by atoms with Gasteiger partial charge in [0.25, 0.3) is 0 Å². The lowest BCUT2D eigenvalue weighted by molar-refractivity contribution is -0.0659. The summed E-state index contributed by atoms with van der Waals surface area (Å²) in [6.07, 6.45) is -0.964. The number of hydrogen-bond acceptors (Lipinski definition) is 5. The Morgan fingerprint density at radius 1 is 1.21 bits per heavy atom. The van der Waals surface area contributed by atoms with Gasteiger partial charge in [-0.2, -0.15) is 8.78 Å². The quantitative estimate of drug-likeness (QED) is 0.387. The summed E-state index contributed by atoms with van der Waals surface area (Å²) in [5.74, 6) is 0. The first-order chi connectivity index (χ1) is 13.0. The molecule has 0 saturated carbocycles. The third-order valence-electron chi connectivity index (χ3n) is 3.96. The molecule has 0 aliphatic carbocycles. The molecule has 1 aromatic carbocycles. The maximum atomic E-state index is 15.0. The third-order valence-corrected chi connectivity index (χ3v) is 7.89. The van der Waals surface area contributed by atoms with E-state index in [0.717, 1.165) is 11.1 Å². The van der Waals surface area contributed by atoms with Crippen LogP contribution in [0.25, 0.3) is 0 Å². The van der Waals surface area contributed by atoms with Gasteiger partial charge < -0.3 is 14.2 Å². The highest BCUT2D eigenvalue weighted by Gasteiger charge is 2.61. The summed E-state index contributed by atoms with van der Waals surface area (Å²) < 4.78 is 65.2. The molecule has 0 heterocycles. The molecule has 0 bridgehead atoms. The van der Waals surface area contributed by atoms with Crippen molar-refractivity contribution in [3.8, 4) is 0 Å². The second kappa shape index (κ2) is 10.7. The standard InChI is InChI=1S/C19H29F2O5PS/c1-6-25-27(23,26-7-2)19(20,21)18(22)17(13-8-14(3)4)28(24)16-11-9-15(5)10-12-16/h8-12,17-18,22H,6-7,13H2,1-5H3/t17-,18-,28-/m0/s1. The van der Waals surface area contributed by atoms with E-state index >= 15 is 8.78 Å². The highest BCUT2D eigenvalue weighted by atomic mass is 32.2. The van der Waals surface area contributed by atoms with Crippen LogP contribution in [-0.4, -0.2) is 39.5 Å². The smallest absolute Gasteiger partial charge is 0.385 e. The van der Waals surface area contributed by atoms with Crippen LogP contribution < -0.4 is 0 Å². The predicted molar refractivity (Wildman–Crippen MR) is 107 cm³/mol. The zero-order valence-electron chi connectivity index (χ0n) is 16.9. The largest absolute Gasteiger partial charge is 0.402 e. The molecule has 5 nitrogen and oxygen atoms in total. The normalized spacial score (nSPS) is 15.7. The Hall–Kier alpha value is -0.920. The van der Waals surface area contributed by atoms with Crippen molar-refractivity contribution < 1.29 is 31.7 Å². The number of aryl methyl sites for hydroxylation is 1. The number of aliphatic hydroxyl groups is 1. The van der Waals surface area contributed by atoms with Crippen LogP contribution in [0.2, 0.25) is 0 Å². The minimum Gasteiger partial charge on any atom is -0.385 e. The van der Waals surface area contributed by atoms with E-state index in [-0.39, 0.29) is 19.6 Å². The molecule has 0 aliphatic heterocycles. The second-order valence-electron chi connectivity index (χ2n) is 6.53. The lowest BCUT2D eigenvalue weighted by atomic mass is 10.1. The molecule has 0 aliphatic rings. The molecule has 0 radical (unpaired) electrons. The molecule has 0 fully saturated rings. The van der Waals surface area contributed by atoms with Gasteiger partial charge in [-0.25, -0.2) is 0 Å². The Kier molecular flexibility index (Phi) is 9.64. The summed E-state index contributed by atoms with van der Waals surface area (Å²) >= 11 is 0. The molecule has 0 saturated heterocycles. The van der Waals surface area contributed by atoms with Gasteiger partial charge in [0.1, 0.15) is 6.10 Å². The van der Waals surface area contributed by atoms with Gasteiger partial charge in [0.2, 0.25) is 0 Å². The minimum absolute atomic E-state index is 0.0855. The van der Waals surface area contributed by atoms with E-state index in [0.29, 0.717) is 4.90 Å². The van der Waals surface area contributed by atoms with Crippen molar-refractivity contribution in [2.45, 2.75) is 63.0 Å². The fourth-order valence-electron chi connectivity index (χ4n) is 2.47. The Balaban J connectivity index is 3.34. The number of aliphatic hydroxyl groups excluding tert-OH is 1. The molecule has 0 unspecified atom stereocenters. The first kappa shape index (κ1) is 25.1. The fraction of sp³-hybridized carbons (Fsp3) is 0.579. The monoisotopic (exact) mass is 438 g/mol. The van der Waals surface area contributed by atoms with E-state index in [4.69, 9.17) is 9.05 Å². The molecule has 1 N–H and O–H groups in total. The third kappa shape index (κ3) is 6.04. The van der Waals surface area contributed by atoms with Gasteiger partial charge in [-0.05, 0) is 53.2 Å². The van der Waals surface area contributed by atoms with Gasteiger partial charge in [0.05, 0.1) is 29.3 Å². The summed E-state index contributed by atoms with van der Waals surface area (Å²) in [6, 6.07) is 6.55. The lowest BCUT2D eigenvalue weighted by Gasteiger charge is -2.32. The van der Waals surface area contributed by atoms with Gasteiger partial charge in [-0.15, -0.1) is 0 Å². The lowest BCUT2D eigenvalue weighted by Crippen LogP contribution is -2.45. The highest BCUT2D eigenvalue weighted by molar-refractivity contribution is 7.85. The molecule has 0 aromatic heterocycles. The Morgan fingerprint density at radius 3 is 2.14 bits per heavy atom. The van der Waals surface area contributed by atoms with Crippen LogP contribution in [0.3, 0.4) is 0 Å². The minimum atomic E-state index is -4.96. The van der Waals surface area contributed by atoms with Crippen LogP contribution in [0.1, 0.15) is 39.7 Å². The molecule has 1 rings (SSSR count). The van der Waals surface area contributed by atoms with Gasteiger partial charge in [-0.3, -0.25) is 8.77 Å². The summed E-state index contributed by atoms with van der Waals surface area (Å²) in [5.41, 5.74) is -2.48. The van der Waals surface area contributed by atoms with Crippen LogP contribution in [0.15, 0.2) is 40.8 Å². The van der Waals surface area contributed by atoms with Gasteiger partial charge >= 0.3 is 13.3 Å². The van der Waals surface area contributed by atoms with Crippen molar-refractivity contribution in [2.75, 3.05) is 13.2 Å². The molecule has 0 spiro atoms. The van der Waals surface area contributed by atoms with Crippen LogP contribution in [0.4, 0.5) is 8.78 Å². The second-order valence-corrected chi connectivity index (χ2v) is 10.3. The molecular weight excluding hydrogens is 409 g/mol. The predicted octanol–water partition coefficient (Wildman–Crippen LogP) is 5.05. The van der Waals surface area contributed by atoms with Crippen molar-refractivity contribution in [1.82, 2.24) is 0 Å². The highest BCUT2D eigenvalue weighted by Crippen LogP contribution is 2.64. The van der Waals surface area contributed by atoms with Crippen molar-refractivity contribution in [3.05, 3.63) is 41.5 Å². The molecule has 1 aromatic rings. The number of allylic oxidation sites excluding steroid dienone is 2. The Bertz CT molecular complexity index is 722. The Morgan fingerprint density at radius 2 is 1.71 bits per heavy atom. The van der Waals surface area contributed by atoms with Crippen molar-refractivity contribution in [3.63, 3.8) is 0 Å². The number of hydrogen-bond donors (Lipinski definition) is 1. The van der Waals surface area contributed by atoms with Gasteiger partial charge in [-0.1, -0.05) is 29.3 Å². The van der Waals surface area contributed by atoms with E-state index in [2.05, 4.69) is 0 Å². The van der Waals surface area contributed by atoms with E-state index in [1.54, 1.807) is 44.2 Å². The van der Waals surface area contributed by atoms with Crippen LogP contribution in [0, 0.1) is 6.92 Å². The van der Waals surface area contributed by atoms with Gasteiger partial charge in [0, 0.05) is 4.90 Å². The van der Waals surface area contributed by atoms with Crippen molar-refractivity contribution in [2.24, 2.45) is 0 Å². The average molecular weight is 438 g/mol. The molecule has 0 amide bonds. The summed E-state index contributed by atoms with van der Waals surface area (Å²) in [6.45, 7) is 7.62. The van der Waals surface area contributed by atoms with E-state index in [9.17, 15) is 13.9 Å². The number of halogens is 2.